The molecule has 126 valence electrons. The standard InChI is InChI=1S/C15H18O8/c16-7-10-11(17)12(18)13(19)15(23-10)22-9(14(20)21)6-8-4-2-1-3-5-8/h1-6,10-13,15-19H,7H2,(H,20,21)/b9-6-/t10-,11?,12+,13-,15-/m1/s1. The van der Waals surface area contributed by atoms with E-state index in [0.29, 0.717) is 5.56 Å². The Morgan fingerprint density at radius 2 is 1.78 bits per heavy atom. The van der Waals surface area contributed by atoms with E-state index >= 15 is 0 Å². The maximum Gasteiger partial charge on any atom is 0.371 e. The fourth-order valence-corrected chi connectivity index (χ4v) is 2.14. The predicted octanol–water partition coefficient (Wildman–Crippen LogP) is -1.07. The molecule has 0 radical (unpaired) electrons. The molecule has 1 fully saturated rings. The summed E-state index contributed by atoms with van der Waals surface area (Å²) in [6.45, 7) is -0.629. The normalized spacial score (nSPS) is 31.7. The molecule has 0 bridgehead atoms. The Balaban J connectivity index is 2.19. The molecule has 0 saturated carbocycles. The highest BCUT2D eigenvalue weighted by atomic mass is 16.7. The van der Waals surface area contributed by atoms with Crippen LogP contribution in [0.5, 0.6) is 0 Å². The minimum atomic E-state index is -1.67. The molecule has 0 aliphatic carbocycles. The average Bonchev–Trinajstić information content (AvgIpc) is 2.55. The van der Waals surface area contributed by atoms with Crippen molar-refractivity contribution in [3.05, 3.63) is 41.7 Å². The highest BCUT2D eigenvalue weighted by molar-refractivity contribution is 5.89. The van der Waals surface area contributed by atoms with Crippen LogP contribution in [0.3, 0.4) is 0 Å². The maximum atomic E-state index is 11.3. The quantitative estimate of drug-likeness (QED) is 0.341. The first kappa shape index (κ1) is 17.4. The number of aliphatic hydroxyl groups excluding tert-OH is 4. The smallest absolute Gasteiger partial charge is 0.371 e. The van der Waals surface area contributed by atoms with Crippen molar-refractivity contribution >= 4 is 12.0 Å². The molecular weight excluding hydrogens is 308 g/mol. The first-order valence-corrected chi connectivity index (χ1v) is 6.91. The van der Waals surface area contributed by atoms with Crippen molar-refractivity contribution in [2.75, 3.05) is 6.61 Å². The van der Waals surface area contributed by atoms with Gasteiger partial charge in [0.05, 0.1) is 6.61 Å². The molecule has 2 rings (SSSR count). The number of aliphatic hydroxyl groups is 4. The van der Waals surface area contributed by atoms with Crippen LogP contribution in [0.4, 0.5) is 0 Å². The second-order valence-electron chi connectivity index (χ2n) is 5.04. The summed E-state index contributed by atoms with van der Waals surface area (Å²) in [4.78, 5) is 11.3. The van der Waals surface area contributed by atoms with Gasteiger partial charge in [-0.1, -0.05) is 30.3 Å². The van der Waals surface area contributed by atoms with Crippen molar-refractivity contribution in [1.29, 1.82) is 0 Å². The number of aliphatic carboxylic acids is 1. The minimum Gasteiger partial charge on any atom is -0.475 e. The number of carboxylic acids is 1. The van der Waals surface area contributed by atoms with Crippen molar-refractivity contribution in [3.8, 4) is 0 Å². The number of hydrogen-bond acceptors (Lipinski definition) is 7. The number of ether oxygens (including phenoxy) is 2. The third kappa shape index (κ3) is 4.06. The summed E-state index contributed by atoms with van der Waals surface area (Å²) in [7, 11) is 0. The minimum absolute atomic E-state index is 0.513. The molecule has 0 amide bonds. The molecule has 5 N–H and O–H groups in total. The van der Waals surface area contributed by atoms with E-state index in [0.717, 1.165) is 0 Å². The van der Waals surface area contributed by atoms with Crippen LogP contribution in [0, 0.1) is 0 Å². The van der Waals surface area contributed by atoms with Gasteiger partial charge in [0.15, 0.2) is 0 Å². The lowest BCUT2D eigenvalue weighted by Crippen LogP contribution is -2.59. The summed E-state index contributed by atoms with van der Waals surface area (Å²) >= 11 is 0. The molecule has 23 heavy (non-hydrogen) atoms. The number of hydrogen-bond donors (Lipinski definition) is 5. The molecule has 1 aromatic rings. The molecular formula is C15H18O8. The fourth-order valence-electron chi connectivity index (χ4n) is 2.14. The second kappa shape index (κ2) is 7.53. The first-order chi connectivity index (χ1) is 10.9. The fraction of sp³-hybridized carbons (Fsp3) is 0.400. The Kier molecular flexibility index (Phi) is 5.69. The molecule has 1 unspecified atom stereocenters. The zero-order chi connectivity index (χ0) is 17.0. The summed E-state index contributed by atoms with van der Waals surface area (Å²) in [5, 5.41) is 47.5. The topological polar surface area (TPSA) is 137 Å². The van der Waals surface area contributed by atoms with E-state index in [1.807, 2.05) is 0 Å². The van der Waals surface area contributed by atoms with E-state index in [4.69, 9.17) is 14.6 Å². The lowest BCUT2D eigenvalue weighted by molar-refractivity contribution is -0.291. The van der Waals surface area contributed by atoms with E-state index in [1.165, 1.54) is 6.08 Å². The first-order valence-electron chi connectivity index (χ1n) is 6.91. The molecule has 1 aromatic carbocycles. The summed E-state index contributed by atoms with van der Waals surface area (Å²) in [5.74, 6) is -1.91. The van der Waals surface area contributed by atoms with E-state index in [9.17, 15) is 25.2 Å². The molecule has 1 aliphatic rings. The summed E-state index contributed by atoms with van der Waals surface area (Å²) in [6, 6.07) is 8.48. The van der Waals surface area contributed by atoms with Gasteiger partial charge in [-0.25, -0.2) is 4.79 Å². The average molecular weight is 326 g/mol. The van der Waals surface area contributed by atoms with Crippen molar-refractivity contribution in [3.63, 3.8) is 0 Å². The van der Waals surface area contributed by atoms with Gasteiger partial charge in [-0.05, 0) is 11.6 Å². The van der Waals surface area contributed by atoms with E-state index in [2.05, 4.69) is 0 Å². The van der Waals surface area contributed by atoms with Gasteiger partial charge in [-0.2, -0.15) is 0 Å². The molecule has 1 aliphatic heterocycles. The third-order valence-corrected chi connectivity index (χ3v) is 3.40. The molecule has 0 aromatic heterocycles. The van der Waals surface area contributed by atoms with Crippen molar-refractivity contribution < 1.29 is 39.8 Å². The molecule has 8 heteroatoms. The molecule has 8 nitrogen and oxygen atoms in total. The van der Waals surface area contributed by atoms with Crippen LogP contribution >= 0.6 is 0 Å². The van der Waals surface area contributed by atoms with Crippen LogP contribution in [0.25, 0.3) is 6.08 Å². The summed E-state index contributed by atoms with van der Waals surface area (Å²) < 4.78 is 10.2. The SMILES string of the molecule is O=C(O)/C(=C/c1ccccc1)O[C@@H]1O[C@H](CO)C(O)[C@H](O)[C@H]1O. The van der Waals surface area contributed by atoms with Crippen LogP contribution in [-0.2, 0) is 14.3 Å². The highest BCUT2D eigenvalue weighted by Gasteiger charge is 2.45. The van der Waals surface area contributed by atoms with E-state index in [1.54, 1.807) is 30.3 Å². The number of carboxylic acid groups (broad SMARTS) is 1. The van der Waals surface area contributed by atoms with E-state index < -0.39 is 49.0 Å². The summed E-state index contributed by atoms with van der Waals surface area (Å²) in [5.41, 5.74) is 0.550. The van der Waals surface area contributed by atoms with Gasteiger partial charge in [-0.15, -0.1) is 0 Å². The van der Waals surface area contributed by atoms with Crippen LogP contribution in [0.2, 0.25) is 0 Å². The number of benzene rings is 1. The lowest BCUT2D eigenvalue weighted by atomic mass is 9.99. The van der Waals surface area contributed by atoms with Gasteiger partial charge < -0.3 is 35.0 Å². The number of carbonyl (C=O) groups is 1. The van der Waals surface area contributed by atoms with Crippen molar-refractivity contribution in [1.82, 2.24) is 0 Å². The largest absolute Gasteiger partial charge is 0.475 e. The van der Waals surface area contributed by atoms with Crippen LogP contribution < -0.4 is 0 Å². The van der Waals surface area contributed by atoms with Gasteiger partial charge in [0, 0.05) is 0 Å². The van der Waals surface area contributed by atoms with Crippen LogP contribution in [-0.4, -0.2) is 68.8 Å². The van der Waals surface area contributed by atoms with Gasteiger partial charge in [0.1, 0.15) is 24.4 Å². The molecule has 0 spiro atoms. The lowest BCUT2D eigenvalue weighted by Gasteiger charge is -2.39. The third-order valence-electron chi connectivity index (χ3n) is 3.40. The Morgan fingerprint density at radius 3 is 2.35 bits per heavy atom. The van der Waals surface area contributed by atoms with Gasteiger partial charge in [-0.3, -0.25) is 0 Å². The predicted molar refractivity (Wildman–Crippen MR) is 76.9 cm³/mol. The van der Waals surface area contributed by atoms with Crippen molar-refractivity contribution in [2.45, 2.75) is 30.7 Å². The maximum absolute atomic E-state index is 11.3. The Bertz CT molecular complexity index is 556. The summed E-state index contributed by atoms with van der Waals surface area (Å²) in [6.07, 6.45) is -6.35. The van der Waals surface area contributed by atoms with E-state index in [-0.39, 0.29) is 0 Å². The number of rotatable bonds is 5. The van der Waals surface area contributed by atoms with Gasteiger partial charge in [0.25, 0.3) is 0 Å². The van der Waals surface area contributed by atoms with Crippen molar-refractivity contribution in [2.24, 2.45) is 0 Å². The Labute approximate surface area is 131 Å². The Hall–Kier alpha value is -1.97. The monoisotopic (exact) mass is 326 g/mol. The molecule has 1 heterocycles. The van der Waals surface area contributed by atoms with Gasteiger partial charge in [0.2, 0.25) is 12.0 Å². The highest BCUT2D eigenvalue weighted by Crippen LogP contribution is 2.24. The molecule has 1 saturated heterocycles. The van der Waals surface area contributed by atoms with Gasteiger partial charge >= 0.3 is 5.97 Å². The zero-order valence-electron chi connectivity index (χ0n) is 12.0. The second-order valence-corrected chi connectivity index (χ2v) is 5.04. The zero-order valence-corrected chi connectivity index (χ0v) is 12.0. The van der Waals surface area contributed by atoms with Crippen LogP contribution in [0.1, 0.15) is 5.56 Å². The van der Waals surface area contributed by atoms with Crippen LogP contribution in [0.15, 0.2) is 36.1 Å². The molecule has 5 atom stereocenters. The Morgan fingerprint density at radius 1 is 1.13 bits per heavy atom.